The van der Waals surface area contributed by atoms with Crippen LogP contribution in [0.25, 0.3) is 0 Å². The van der Waals surface area contributed by atoms with E-state index in [0.29, 0.717) is 47.8 Å². The highest BCUT2D eigenvalue weighted by Crippen LogP contribution is 2.48. The van der Waals surface area contributed by atoms with Gasteiger partial charge in [0.1, 0.15) is 5.60 Å². The van der Waals surface area contributed by atoms with E-state index in [4.69, 9.17) is 58.3 Å². The second kappa shape index (κ2) is 47.2. The lowest BCUT2D eigenvalue weighted by Crippen LogP contribution is -2.66. The van der Waals surface area contributed by atoms with Crippen molar-refractivity contribution in [2.45, 2.75) is 388 Å². The maximum absolute atomic E-state index is 14.0. The van der Waals surface area contributed by atoms with E-state index in [9.17, 15) is 26.7 Å². The molecular weight excluding hydrogens is 1780 g/mol. The predicted molar refractivity (Wildman–Crippen MR) is 555 cm³/mol. The monoisotopic (exact) mass is 1950 g/mol. The number of rotatable bonds is 38. The number of carbonyl (C=O) groups excluding carboxylic acids is 1. The Morgan fingerprint density at radius 3 is 1.27 bits per heavy atom. The first-order valence-corrected chi connectivity index (χ1v) is 58.0. The summed E-state index contributed by atoms with van der Waals surface area (Å²) in [5.41, 5.74) is 5.48. The van der Waals surface area contributed by atoms with Gasteiger partial charge in [-0.2, -0.15) is 0 Å². The Kier molecular flexibility index (Phi) is 38.3. The molecule has 7 fully saturated rings. The molecule has 0 bridgehead atoms. The summed E-state index contributed by atoms with van der Waals surface area (Å²) in [6.45, 7) is 61.0. The van der Waals surface area contributed by atoms with Gasteiger partial charge in [0.05, 0.1) is 112 Å². The van der Waals surface area contributed by atoms with E-state index >= 15 is 0 Å². The average Bonchev–Trinajstić information content (AvgIpc) is 1.72. The number of sulfone groups is 2. The fourth-order valence-electron chi connectivity index (χ4n) is 22.2. The number of ether oxygens (including phenoxy) is 8. The van der Waals surface area contributed by atoms with Crippen LogP contribution in [-0.4, -0.2) is 171 Å². The van der Waals surface area contributed by atoms with Crippen molar-refractivity contribution in [1.29, 1.82) is 0 Å². The number of aliphatic hydroxyl groups is 1. The van der Waals surface area contributed by atoms with Crippen LogP contribution in [0.4, 0.5) is 0 Å². The normalized spacial score (nSPS) is 27.4. The third kappa shape index (κ3) is 29.4. The second-order valence-corrected chi connectivity index (χ2v) is 58.1. The number of hydrogen-bond donors (Lipinski definition) is 1. The molecule has 1 N–H and O–H groups in total. The molecule has 21 heteroatoms. The molecule has 16 nitrogen and oxygen atoms in total. The molecule has 0 amide bonds. The Morgan fingerprint density at radius 2 is 0.896 bits per heavy atom. The maximum Gasteiger partial charge on any atom is 0.303 e. The van der Waals surface area contributed by atoms with Crippen molar-refractivity contribution in [1.82, 2.24) is 0 Å². The standard InChI is InChI=1S/C54H77ClO7SSi.C54H76O7SSi.C6H12O2/c1-37-23-26-45(27-24-37)63(57,58)36-48-41(5)51(34-44-29-30-54(9,10)62-44)61-52(48)35-49(56)40(4)38(2)32-42(55)25-28-50-39(3)33-43(60-50)18-17-31-59-64(53(6,7)8,46-19-13-11-14-20-46)47-21-15-12-16-22-47;1-37-23-26-45(27-24-37)62(55,56)36-48-41(5)50(34-44-29-30-54(9,10)61-44)60-52(48)35-51-40(4)38(2)32-43(59-51)25-28-49-39(3)33-42(58-49)18-17-31-57-63(53(6,7)8,46-19-13-11-14-20-46)47-21-15-12-16-22-47;1-5(7)8-6(2,3)4/h11-16,19-24,26-27,38,41-44,48-52,56H,3-4,17-18,25,28-36H2,1-2,5-10H3;11-16,19-24,26-27,38,41-44,48-52H,3-4,17-18,25,28-36H2,1-2,5-10H3;1-4H3/t2*38-,41-,42+,43+,44-,48-,49?,50?,51?,52+;/m11./s1. The zero-order valence-corrected chi connectivity index (χ0v) is 89.7. The summed E-state index contributed by atoms with van der Waals surface area (Å²) in [4.78, 5) is 10.9. The number of benzene rings is 6. The summed E-state index contributed by atoms with van der Waals surface area (Å²) < 4.78 is 121. The van der Waals surface area contributed by atoms with Crippen molar-refractivity contribution in [3.63, 3.8) is 0 Å². The van der Waals surface area contributed by atoms with Gasteiger partial charge in [0, 0.05) is 63.0 Å². The SMILES string of the molecule is C=C1C[C@H](CCCO[Si](c2ccccc2)(c2ccccc2)C(C)(C)C)OC1CC[C@H](Cl)C[C@@H](C)C(=C)C(O)C[C@@H]1OC(C[C@H]2CCC(C)(C)O2)[C@H](C)[C@H]1CS(=O)(=O)c1ccc(C)cc1.C=C1C[C@H](CCCO[Si](c2ccccc2)(c2ccccc2)C(C)(C)C)OC1CC[C@H]1C[C@@H](C)C(=C)C(C[C@@H]2OC(C[C@H]3CCC(C)(C)O3)[C@H](C)[C@H]2CS(=O)(=O)c2ccc(C)cc2)O1.CC(=O)OC(C)(C)C. The zero-order valence-electron chi connectivity index (χ0n) is 85.3. The quantitative estimate of drug-likeness (QED) is 0.0126. The van der Waals surface area contributed by atoms with Crippen LogP contribution in [-0.2, 0) is 71.2 Å². The minimum atomic E-state index is -3.59. The minimum absolute atomic E-state index is 0.00833. The summed E-state index contributed by atoms with van der Waals surface area (Å²) >= 11 is 7.02. The molecule has 0 radical (unpaired) electrons. The fraction of sp³-hybridized carbons (Fsp3) is 0.605. The summed E-state index contributed by atoms with van der Waals surface area (Å²) in [7, 11) is -12.3. The summed E-state index contributed by atoms with van der Waals surface area (Å²) in [6, 6.07) is 57.5. The molecule has 7 saturated heterocycles. The van der Waals surface area contributed by atoms with Gasteiger partial charge in [-0.15, -0.1) is 11.6 Å². The molecule has 0 aliphatic carbocycles. The molecule has 0 spiro atoms. The van der Waals surface area contributed by atoms with Gasteiger partial charge in [0.15, 0.2) is 19.7 Å². The molecule has 744 valence electrons. The van der Waals surface area contributed by atoms with E-state index in [1.807, 2.05) is 58.9 Å². The molecule has 6 unspecified atom stereocenters. The van der Waals surface area contributed by atoms with Gasteiger partial charge in [-0.1, -0.05) is 252 Å². The number of hydrogen-bond acceptors (Lipinski definition) is 16. The van der Waals surface area contributed by atoms with Gasteiger partial charge in [-0.25, -0.2) is 16.8 Å². The third-order valence-electron chi connectivity index (χ3n) is 29.8. The predicted octanol–water partition coefficient (Wildman–Crippen LogP) is 23.0. The number of carbonyl (C=O) groups is 1. The first-order valence-electron chi connectivity index (χ1n) is 50.4. The molecule has 6 aromatic carbocycles. The highest BCUT2D eigenvalue weighted by atomic mass is 35.5. The Labute approximate surface area is 820 Å². The summed E-state index contributed by atoms with van der Waals surface area (Å²) in [5, 5.41) is 16.6. The third-order valence-corrected chi connectivity index (χ3v) is 43.9. The molecule has 20 atom stereocenters. The highest BCUT2D eigenvalue weighted by molar-refractivity contribution is 7.91. The average molecular weight is 1950 g/mol. The molecule has 0 saturated carbocycles. The van der Waals surface area contributed by atoms with E-state index in [0.717, 1.165) is 125 Å². The number of halogens is 1. The Morgan fingerprint density at radius 1 is 0.511 bits per heavy atom. The van der Waals surface area contributed by atoms with Crippen LogP contribution in [0.5, 0.6) is 0 Å². The molecule has 0 aromatic heterocycles. The van der Waals surface area contributed by atoms with E-state index in [1.165, 1.54) is 33.2 Å². The molecule has 135 heavy (non-hydrogen) atoms. The van der Waals surface area contributed by atoms with Gasteiger partial charge < -0.3 is 51.9 Å². The lowest BCUT2D eigenvalue weighted by molar-refractivity contribution is -0.151. The molecule has 7 aliphatic heterocycles. The minimum Gasteiger partial charge on any atom is -0.460 e. The second-order valence-electron chi connectivity index (χ2n) is 44.9. The van der Waals surface area contributed by atoms with E-state index in [-0.39, 0.29) is 159 Å². The fourth-order valence-corrected chi connectivity index (χ4v) is 35.4. The van der Waals surface area contributed by atoms with E-state index in [1.54, 1.807) is 24.3 Å². The van der Waals surface area contributed by atoms with Crippen LogP contribution in [0.1, 0.15) is 264 Å². The molecule has 13 rings (SSSR count). The van der Waals surface area contributed by atoms with E-state index in [2.05, 4.69) is 245 Å². The largest absolute Gasteiger partial charge is 0.460 e. The number of aryl methyl sites for hydroxylation is 2. The molecular formula is C114H165ClO16S2Si2. The first kappa shape index (κ1) is 109. The summed E-state index contributed by atoms with van der Waals surface area (Å²) in [6.07, 6.45) is 14.9. The number of alkyl halides is 1. The molecule has 6 aromatic rings. The van der Waals surface area contributed by atoms with Crippen LogP contribution < -0.4 is 20.7 Å². The van der Waals surface area contributed by atoms with Crippen molar-refractivity contribution in [3.05, 3.63) is 230 Å². The van der Waals surface area contributed by atoms with Gasteiger partial charge >= 0.3 is 5.97 Å². The number of aliphatic hydroxyl groups excluding tert-OH is 1. The Bertz CT molecular complexity index is 4950. The lowest BCUT2D eigenvalue weighted by Gasteiger charge is -2.43. The zero-order chi connectivity index (χ0) is 98.4. The van der Waals surface area contributed by atoms with Crippen LogP contribution in [0.3, 0.4) is 0 Å². The van der Waals surface area contributed by atoms with Gasteiger partial charge in [-0.3, -0.25) is 4.79 Å². The first-order chi connectivity index (χ1) is 63.5. The van der Waals surface area contributed by atoms with Crippen molar-refractivity contribution >= 4 is 74.6 Å². The van der Waals surface area contributed by atoms with Crippen molar-refractivity contribution in [2.24, 2.45) is 35.5 Å². The lowest BCUT2D eigenvalue weighted by atomic mass is 9.82. The summed E-state index contributed by atoms with van der Waals surface area (Å²) in [5.74, 6) is -0.439. The van der Waals surface area contributed by atoms with Gasteiger partial charge in [0.25, 0.3) is 16.6 Å². The molecule has 7 aliphatic rings. The topological polar surface area (TPSA) is 198 Å². The Balaban J connectivity index is 0.000000240. The van der Waals surface area contributed by atoms with Gasteiger partial charge in [-0.05, 0) is 266 Å². The Hall–Kier alpha value is -6.03. The van der Waals surface area contributed by atoms with Crippen LogP contribution in [0.2, 0.25) is 10.1 Å². The number of esters is 1. The van der Waals surface area contributed by atoms with Crippen LogP contribution in [0, 0.1) is 49.4 Å². The van der Waals surface area contributed by atoms with Gasteiger partial charge in [0.2, 0.25) is 0 Å². The van der Waals surface area contributed by atoms with Crippen molar-refractivity contribution in [2.75, 3.05) is 24.7 Å². The van der Waals surface area contributed by atoms with E-state index < -0.39 is 48.5 Å². The highest BCUT2D eigenvalue weighted by Gasteiger charge is 2.54. The molecule has 7 heterocycles. The maximum atomic E-state index is 14.0. The van der Waals surface area contributed by atoms with Crippen molar-refractivity contribution in [3.8, 4) is 0 Å². The van der Waals surface area contributed by atoms with Crippen molar-refractivity contribution < 1.29 is 73.5 Å². The van der Waals surface area contributed by atoms with Crippen LogP contribution >= 0.6 is 11.6 Å². The van der Waals surface area contributed by atoms with Crippen LogP contribution in [0.15, 0.2) is 228 Å². The smallest absolute Gasteiger partial charge is 0.303 e.